The highest BCUT2D eigenvalue weighted by molar-refractivity contribution is 14.1. The van der Waals surface area contributed by atoms with Gasteiger partial charge in [0.2, 0.25) is 0 Å². The lowest BCUT2D eigenvalue weighted by Gasteiger charge is -2.09. The maximum Gasteiger partial charge on any atom is 0.168 e. The molecule has 2 aromatic heterocycles. The number of benzene rings is 1. The summed E-state index contributed by atoms with van der Waals surface area (Å²) in [4.78, 5) is 0. The zero-order valence-electron chi connectivity index (χ0n) is 13.2. The molecule has 0 saturated carbocycles. The first-order chi connectivity index (χ1) is 11.5. The molecule has 2 heterocycles. The molecule has 0 aliphatic carbocycles. The van der Waals surface area contributed by atoms with Crippen LogP contribution in [0.2, 0.25) is 5.15 Å². The molecule has 7 heteroatoms. The standard InChI is InChI=1S/C17H15ClIN5/c1-11-9-13(10-20-22-17-8-7-16(18)21-23-17)12(2)24(11)15-5-3-14(19)4-6-15/h3-10H,1-2H3,(H,22,23). The normalized spacial score (nSPS) is 11.2. The van der Waals surface area contributed by atoms with Gasteiger partial charge in [-0.25, -0.2) is 0 Å². The Morgan fingerprint density at radius 3 is 2.54 bits per heavy atom. The molecule has 24 heavy (non-hydrogen) atoms. The minimum atomic E-state index is 0.352. The molecular formula is C17H15ClIN5. The number of rotatable bonds is 4. The summed E-state index contributed by atoms with van der Waals surface area (Å²) in [7, 11) is 0. The third kappa shape index (κ3) is 3.76. The van der Waals surface area contributed by atoms with Crippen LogP contribution in [0.3, 0.4) is 0 Å². The zero-order valence-corrected chi connectivity index (χ0v) is 16.1. The van der Waals surface area contributed by atoms with Crippen LogP contribution in [0.4, 0.5) is 5.82 Å². The molecule has 0 fully saturated rings. The first kappa shape index (κ1) is 16.9. The number of nitrogens with one attached hydrogen (secondary N) is 1. The van der Waals surface area contributed by atoms with Crippen molar-refractivity contribution < 1.29 is 0 Å². The number of hydrogen-bond donors (Lipinski definition) is 1. The Balaban J connectivity index is 1.82. The van der Waals surface area contributed by atoms with Crippen molar-refractivity contribution in [1.29, 1.82) is 0 Å². The van der Waals surface area contributed by atoms with E-state index in [0.717, 1.165) is 22.6 Å². The van der Waals surface area contributed by atoms with Crippen LogP contribution >= 0.6 is 34.2 Å². The predicted molar refractivity (Wildman–Crippen MR) is 106 cm³/mol. The smallest absolute Gasteiger partial charge is 0.168 e. The van der Waals surface area contributed by atoms with E-state index < -0.39 is 0 Å². The van der Waals surface area contributed by atoms with Gasteiger partial charge in [-0.05, 0) is 78.9 Å². The molecule has 0 unspecified atom stereocenters. The highest BCUT2D eigenvalue weighted by Gasteiger charge is 2.09. The van der Waals surface area contributed by atoms with Crippen LogP contribution in [0.1, 0.15) is 17.0 Å². The highest BCUT2D eigenvalue weighted by Crippen LogP contribution is 2.20. The van der Waals surface area contributed by atoms with Crippen LogP contribution in [0.5, 0.6) is 0 Å². The number of hydrazone groups is 1. The van der Waals surface area contributed by atoms with Gasteiger partial charge in [0.1, 0.15) is 0 Å². The summed E-state index contributed by atoms with van der Waals surface area (Å²) in [6, 6.07) is 13.9. The maximum absolute atomic E-state index is 5.71. The largest absolute Gasteiger partial charge is 0.318 e. The summed E-state index contributed by atoms with van der Waals surface area (Å²) in [6.45, 7) is 4.16. The first-order valence-corrected chi connectivity index (χ1v) is 8.73. The number of anilines is 1. The molecule has 3 rings (SSSR count). The molecule has 1 aromatic carbocycles. The van der Waals surface area contributed by atoms with Crippen molar-refractivity contribution in [3.63, 3.8) is 0 Å². The van der Waals surface area contributed by atoms with Crippen LogP contribution in [-0.2, 0) is 0 Å². The third-order valence-corrected chi connectivity index (χ3v) is 4.49. The molecule has 122 valence electrons. The molecule has 0 radical (unpaired) electrons. The summed E-state index contributed by atoms with van der Waals surface area (Å²) in [5.41, 5.74) is 7.31. The molecule has 3 aromatic rings. The summed E-state index contributed by atoms with van der Waals surface area (Å²) < 4.78 is 3.42. The van der Waals surface area contributed by atoms with E-state index in [1.54, 1.807) is 18.3 Å². The average Bonchev–Trinajstić information content (AvgIpc) is 2.85. The Bertz CT molecular complexity index is 869. The molecule has 0 aliphatic heterocycles. The van der Waals surface area contributed by atoms with Gasteiger partial charge in [-0.1, -0.05) is 11.6 Å². The summed E-state index contributed by atoms with van der Waals surface area (Å²) in [5.74, 6) is 0.544. The van der Waals surface area contributed by atoms with Crippen molar-refractivity contribution in [2.75, 3.05) is 5.43 Å². The summed E-state index contributed by atoms with van der Waals surface area (Å²) in [5, 5.41) is 12.2. The number of hydrogen-bond acceptors (Lipinski definition) is 4. The van der Waals surface area contributed by atoms with Gasteiger partial charge in [0.15, 0.2) is 11.0 Å². The second-order valence-corrected chi connectivity index (χ2v) is 6.88. The SMILES string of the molecule is Cc1cc(C=NNc2ccc(Cl)nn2)c(C)n1-c1ccc(I)cc1. The molecule has 0 atom stereocenters. The lowest BCUT2D eigenvalue weighted by molar-refractivity contribution is 0.964. The van der Waals surface area contributed by atoms with Gasteiger partial charge >= 0.3 is 0 Å². The molecular weight excluding hydrogens is 437 g/mol. The third-order valence-electron chi connectivity index (χ3n) is 3.57. The fraction of sp³-hybridized carbons (Fsp3) is 0.118. The lowest BCUT2D eigenvalue weighted by Crippen LogP contribution is -2.00. The topological polar surface area (TPSA) is 55.1 Å². The Hall–Kier alpha value is -1.93. The zero-order chi connectivity index (χ0) is 17.1. The van der Waals surface area contributed by atoms with Crippen molar-refractivity contribution in [2.45, 2.75) is 13.8 Å². The number of aromatic nitrogens is 3. The van der Waals surface area contributed by atoms with E-state index in [2.05, 4.69) is 92.1 Å². The monoisotopic (exact) mass is 451 g/mol. The second kappa shape index (κ2) is 7.31. The van der Waals surface area contributed by atoms with Gasteiger partial charge in [0, 0.05) is 26.2 Å². The average molecular weight is 452 g/mol. The molecule has 1 N–H and O–H groups in total. The van der Waals surface area contributed by atoms with E-state index >= 15 is 0 Å². The van der Waals surface area contributed by atoms with Gasteiger partial charge < -0.3 is 4.57 Å². The van der Waals surface area contributed by atoms with Gasteiger partial charge in [-0.3, -0.25) is 5.43 Å². The van der Waals surface area contributed by atoms with E-state index in [1.165, 1.54) is 3.57 Å². The molecule has 0 aliphatic rings. The van der Waals surface area contributed by atoms with Gasteiger partial charge in [0.05, 0.1) is 6.21 Å². The van der Waals surface area contributed by atoms with Crippen molar-refractivity contribution >= 4 is 46.2 Å². The number of aryl methyl sites for hydroxylation is 1. The van der Waals surface area contributed by atoms with Crippen LogP contribution < -0.4 is 5.43 Å². The van der Waals surface area contributed by atoms with E-state index in [4.69, 9.17) is 11.6 Å². The van der Waals surface area contributed by atoms with E-state index in [-0.39, 0.29) is 0 Å². The number of nitrogens with zero attached hydrogens (tertiary/aromatic N) is 4. The predicted octanol–water partition coefficient (Wildman–Crippen LogP) is 4.59. The van der Waals surface area contributed by atoms with Crippen LogP contribution in [0, 0.1) is 17.4 Å². The maximum atomic E-state index is 5.71. The minimum absolute atomic E-state index is 0.352. The first-order valence-electron chi connectivity index (χ1n) is 7.28. The van der Waals surface area contributed by atoms with Gasteiger partial charge in [-0.15, -0.1) is 10.2 Å². The second-order valence-electron chi connectivity index (χ2n) is 5.25. The number of halogens is 2. The summed E-state index contributed by atoms with van der Waals surface area (Å²) >= 11 is 8.01. The van der Waals surface area contributed by atoms with Crippen molar-refractivity contribution in [3.8, 4) is 5.69 Å². The highest BCUT2D eigenvalue weighted by atomic mass is 127. The van der Waals surface area contributed by atoms with Gasteiger partial charge in [-0.2, -0.15) is 5.10 Å². The van der Waals surface area contributed by atoms with E-state index in [0.29, 0.717) is 11.0 Å². The van der Waals surface area contributed by atoms with Crippen molar-refractivity contribution in [2.24, 2.45) is 5.10 Å². The molecule has 0 bridgehead atoms. The Labute approximate surface area is 158 Å². The fourth-order valence-electron chi connectivity index (χ4n) is 2.45. The lowest BCUT2D eigenvalue weighted by atomic mass is 10.2. The minimum Gasteiger partial charge on any atom is -0.318 e. The molecule has 0 spiro atoms. The molecule has 0 amide bonds. The van der Waals surface area contributed by atoms with Crippen LogP contribution in [0.25, 0.3) is 5.69 Å². The van der Waals surface area contributed by atoms with Crippen LogP contribution in [-0.4, -0.2) is 21.0 Å². The van der Waals surface area contributed by atoms with Crippen molar-refractivity contribution in [1.82, 2.24) is 14.8 Å². The van der Waals surface area contributed by atoms with Gasteiger partial charge in [0.25, 0.3) is 0 Å². The Morgan fingerprint density at radius 1 is 1.12 bits per heavy atom. The molecule has 0 saturated heterocycles. The van der Waals surface area contributed by atoms with Crippen molar-refractivity contribution in [3.05, 3.63) is 68.1 Å². The fourth-order valence-corrected chi connectivity index (χ4v) is 2.91. The quantitative estimate of drug-likeness (QED) is 0.359. The summed E-state index contributed by atoms with van der Waals surface area (Å²) in [6.07, 6.45) is 1.78. The van der Waals surface area contributed by atoms with E-state index in [9.17, 15) is 0 Å². The van der Waals surface area contributed by atoms with E-state index in [1.807, 2.05) is 0 Å². The molecule has 5 nitrogen and oxygen atoms in total. The Morgan fingerprint density at radius 2 is 1.88 bits per heavy atom. The Kier molecular flexibility index (Phi) is 5.15. The van der Waals surface area contributed by atoms with Crippen LogP contribution in [0.15, 0.2) is 47.6 Å².